The van der Waals surface area contributed by atoms with Gasteiger partial charge in [0, 0.05) is 18.7 Å². The van der Waals surface area contributed by atoms with Crippen LogP contribution in [0.1, 0.15) is 31.9 Å². The molecule has 1 N–H and O–H groups in total. The van der Waals surface area contributed by atoms with Crippen molar-refractivity contribution in [1.29, 1.82) is 0 Å². The summed E-state index contributed by atoms with van der Waals surface area (Å²) in [5.74, 6) is 0. The number of pyridine rings is 1. The normalized spacial score (nSPS) is 31.5. The summed E-state index contributed by atoms with van der Waals surface area (Å²) in [6.07, 6.45) is 3.71. The predicted molar refractivity (Wildman–Crippen MR) is 58.3 cm³/mol. The first kappa shape index (κ1) is 10.6. The van der Waals surface area contributed by atoms with Gasteiger partial charge >= 0.3 is 0 Å². The zero-order valence-corrected chi connectivity index (χ0v) is 9.04. The zero-order valence-electron chi connectivity index (χ0n) is 9.04. The average Bonchev–Trinajstić information content (AvgIpc) is 2.30. The highest BCUT2D eigenvalue weighted by molar-refractivity contribution is 5.15. The summed E-state index contributed by atoms with van der Waals surface area (Å²) in [6, 6.07) is 5.75. The number of rotatable bonds is 2. The molecule has 0 saturated carbocycles. The smallest absolute Gasteiger partial charge is 0.155 e. The first-order valence-electron chi connectivity index (χ1n) is 5.58. The largest absolute Gasteiger partial charge is 0.314 e. The molecule has 2 rings (SSSR count). The molecule has 0 bridgehead atoms. The summed E-state index contributed by atoms with van der Waals surface area (Å²) in [5, 5.41) is 3.33. The second-order valence-corrected chi connectivity index (χ2v) is 4.19. The molecule has 1 aliphatic rings. The lowest BCUT2D eigenvalue weighted by atomic mass is 9.85. The minimum Gasteiger partial charge on any atom is -0.314 e. The van der Waals surface area contributed by atoms with Crippen LogP contribution in [0, 0.1) is 0 Å². The lowest BCUT2D eigenvalue weighted by Gasteiger charge is -2.34. The van der Waals surface area contributed by atoms with E-state index < -0.39 is 5.67 Å². The van der Waals surface area contributed by atoms with E-state index in [2.05, 4.69) is 17.2 Å². The average molecular weight is 208 g/mol. The third-order valence-electron chi connectivity index (χ3n) is 3.14. The van der Waals surface area contributed by atoms with Crippen LogP contribution in [0.3, 0.4) is 0 Å². The Hall–Kier alpha value is -0.960. The third kappa shape index (κ3) is 2.17. The van der Waals surface area contributed by atoms with Crippen molar-refractivity contribution in [1.82, 2.24) is 10.3 Å². The molecule has 2 nitrogen and oxygen atoms in total. The van der Waals surface area contributed by atoms with Crippen LogP contribution >= 0.6 is 0 Å². The molecule has 0 radical (unpaired) electrons. The SMILES string of the molecule is CCC1CC(F)(c2ccccn2)CCN1. The molecule has 1 fully saturated rings. The Balaban J connectivity index is 2.19. The van der Waals surface area contributed by atoms with E-state index in [4.69, 9.17) is 0 Å². The molecule has 2 atom stereocenters. The van der Waals surface area contributed by atoms with Crippen LogP contribution in [-0.4, -0.2) is 17.6 Å². The van der Waals surface area contributed by atoms with Crippen molar-refractivity contribution in [2.45, 2.75) is 37.9 Å². The van der Waals surface area contributed by atoms with Gasteiger partial charge in [-0.25, -0.2) is 4.39 Å². The zero-order chi connectivity index (χ0) is 10.7. The van der Waals surface area contributed by atoms with E-state index in [-0.39, 0.29) is 6.04 Å². The molecule has 2 unspecified atom stereocenters. The summed E-state index contributed by atoms with van der Waals surface area (Å²) >= 11 is 0. The van der Waals surface area contributed by atoms with E-state index >= 15 is 0 Å². The Bertz CT molecular complexity index is 315. The van der Waals surface area contributed by atoms with Crippen LogP contribution in [0.25, 0.3) is 0 Å². The van der Waals surface area contributed by atoms with E-state index in [1.165, 1.54) is 0 Å². The second kappa shape index (κ2) is 4.27. The molecule has 0 aromatic carbocycles. The lowest BCUT2D eigenvalue weighted by molar-refractivity contribution is 0.0847. The number of hydrogen-bond acceptors (Lipinski definition) is 2. The van der Waals surface area contributed by atoms with Gasteiger partial charge in [0.1, 0.15) is 0 Å². The van der Waals surface area contributed by atoms with Gasteiger partial charge in [-0.1, -0.05) is 13.0 Å². The van der Waals surface area contributed by atoms with Crippen molar-refractivity contribution in [3.8, 4) is 0 Å². The number of piperidine rings is 1. The highest BCUT2D eigenvalue weighted by atomic mass is 19.1. The topological polar surface area (TPSA) is 24.9 Å². The predicted octanol–water partition coefficient (Wildman–Crippen LogP) is 2.41. The monoisotopic (exact) mass is 208 g/mol. The number of nitrogens with zero attached hydrogens (tertiary/aromatic N) is 1. The van der Waals surface area contributed by atoms with E-state index in [0.717, 1.165) is 13.0 Å². The first-order chi connectivity index (χ1) is 7.24. The van der Waals surface area contributed by atoms with Crippen LogP contribution in [0.2, 0.25) is 0 Å². The number of aromatic nitrogens is 1. The quantitative estimate of drug-likeness (QED) is 0.807. The van der Waals surface area contributed by atoms with Gasteiger partial charge in [0.25, 0.3) is 0 Å². The molecule has 82 valence electrons. The fourth-order valence-corrected chi connectivity index (χ4v) is 2.19. The van der Waals surface area contributed by atoms with Crippen LogP contribution in [-0.2, 0) is 5.67 Å². The molecule has 3 heteroatoms. The van der Waals surface area contributed by atoms with Gasteiger partial charge in [0.05, 0.1) is 5.69 Å². The van der Waals surface area contributed by atoms with Gasteiger partial charge in [-0.05, 0) is 31.5 Å². The number of alkyl halides is 1. The van der Waals surface area contributed by atoms with Gasteiger partial charge < -0.3 is 5.32 Å². The number of hydrogen-bond donors (Lipinski definition) is 1. The summed E-state index contributed by atoms with van der Waals surface area (Å²) < 4.78 is 14.6. The maximum atomic E-state index is 14.6. The van der Waals surface area contributed by atoms with E-state index in [9.17, 15) is 4.39 Å². The van der Waals surface area contributed by atoms with Crippen molar-refractivity contribution in [2.24, 2.45) is 0 Å². The van der Waals surface area contributed by atoms with E-state index in [0.29, 0.717) is 18.5 Å². The Morgan fingerprint density at radius 1 is 1.60 bits per heavy atom. The molecule has 1 aromatic heterocycles. The molecule has 15 heavy (non-hydrogen) atoms. The molecular formula is C12H17FN2. The highest BCUT2D eigenvalue weighted by Gasteiger charge is 2.38. The Morgan fingerprint density at radius 2 is 2.47 bits per heavy atom. The van der Waals surface area contributed by atoms with Gasteiger partial charge in [-0.2, -0.15) is 0 Å². The second-order valence-electron chi connectivity index (χ2n) is 4.19. The van der Waals surface area contributed by atoms with Gasteiger partial charge in [-0.15, -0.1) is 0 Å². The first-order valence-corrected chi connectivity index (χ1v) is 5.58. The molecule has 0 amide bonds. The molecule has 1 saturated heterocycles. The van der Waals surface area contributed by atoms with Crippen molar-refractivity contribution < 1.29 is 4.39 Å². The van der Waals surface area contributed by atoms with Gasteiger partial charge in [0.2, 0.25) is 0 Å². The molecule has 2 heterocycles. The fraction of sp³-hybridized carbons (Fsp3) is 0.583. The molecule has 0 aliphatic carbocycles. The number of halogens is 1. The molecule has 1 aliphatic heterocycles. The van der Waals surface area contributed by atoms with Gasteiger partial charge in [0.15, 0.2) is 5.67 Å². The van der Waals surface area contributed by atoms with Crippen molar-refractivity contribution in [2.75, 3.05) is 6.54 Å². The molecule has 1 aromatic rings. The number of nitrogens with one attached hydrogen (secondary N) is 1. The maximum Gasteiger partial charge on any atom is 0.155 e. The van der Waals surface area contributed by atoms with Crippen LogP contribution in [0.15, 0.2) is 24.4 Å². The van der Waals surface area contributed by atoms with Crippen molar-refractivity contribution in [3.05, 3.63) is 30.1 Å². The summed E-state index contributed by atoms with van der Waals surface area (Å²) in [7, 11) is 0. The summed E-state index contributed by atoms with van der Waals surface area (Å²) in [6.45, 7) is 2.83. The lowest BCUT2D eigenvalue weighted by Crippen LogP contribution is -2.44. The Kier molecular flexibility index (Phi) is 3.00. The standard InChI is InChI=1S/C12H17FN2/c1-2-10-9-12(13,6-8-14-10)11-5-3-4-7-15-11/h3-5,7,10,14H,2,6,8-9H2,1H3. The summed E-state index contributed by atoms with van der Waals surface area (Å²) in [5.41, 5.74) is -0.641. The van der Waals surface area contributed by atoms with Crippen LogP contribution in [0.5, 0.6) is 0 Å². The molecule has 0 spiro atoms. The fourth-order valence-electron chi connectivity index (χ4n) is 2.19. The van der Waals surface area contributed by atoms with Crippen LogP contribution < -0.4 is 5.32 Å². The minimum absolute atomic E-state index is 0.283. The minimum atomic E-state index is -1.23. The van der Waals surface area contributed by atoms with Crippen molar-refractivity contribution in [3.63, 3.8) is 0 Å². The van der Waals surface area contributed by atoms with Crippen LogP contribution in [0.4, 0.5) is 4.39 Å². The highest BCUT2D eigenvalue weighted by Crippen LogP contribution is 2.36. The van der Waals surface area contributed by atoms with Gasteiger partial charge in [-0.3, -0.25) is 4.98 Å². The summed E-state index contributed by atoms with van der Waals surface area (Å²) in [4.78, 5) is 4.14. The molecular weight excluding hydrogens is 191 g/mol. The maximum absolute atomic E-state index is 14.6. The Labute approximate surface area is 89.9 Å². The van der Waals surface area contributed by atoms with E-state index in [1.807, 2.05) is 12.1 Å². The third-order valence-corrected chi connectivity index (χ3v) is 3.14. The van der Waals surface area contributed by atoms with Crippen molar-refractivity contribution >= 4 is 0 Å². The van der Waals surface area contributed by atoms with E-state index in [1.54, 1.807) is 12.3 Å². The Morgan fingerprint density at radius 3 is 3.13 bits per heavy atom.